The summed E-state index contributed by atoms with van der Waals surface area (Å²) in [6.07, 6.45) is 9.96. The lowest BCUT2D eigenvalue weighted by Gasteiger charge is -2.23. The summed E-state index contributed by atoms with van der Waals surface area (Å²) in [6, 6.07) is 23.9. The van der Waals surface area contributed by atoms with E-state index >= 15 is 0 Å². The standard InChI is InChI=1S/C24H36O5.C23H34O6.C22H34O4.12CH4.H3N/c1-7-20(23(27)29-24(4,5)6)10-8-9-17(2)21-13-11-19(12-14-21)16-28-22(26)15-18(3)25;1-6-18(22(27)29-23(3,4)5)9-7-8-16(2)19-12-10-17(11-13-19)15-28-21(26)14-20(24)25;1-7-19(21(24)26-22(4,5)6)10-8-9-16(2)20-13-11-18(12-14-20)15-25-17(3)23;;;;;;;;;;;;;/h11-14,17,20H,7-10,15-16H2,1-6H3;10-13,16,18H,6-9,14-15H2,1-5H3,(H,24,25);11-14,16,19H,7-10,15H2,1-6H3;12*1H4;1H3. The Labute approximate surface area is 598 Å². The molecule has 16 nitrogen and oxygen atoms in total. The lowest BCUT2D eigenvalue weighted by molar-refractivity contribution is -0.161. The average Bonchev–Trinajstić information content (AvgIpc) is 0.950. The van der Waals surface area contributed by atoms with E-state index in [-0.39, 0.29) is 162 Å². The maximum atomic E-state index is 12.3. The number of aliphatic carboxylic acids is 1. The Balaban J connectivity index is -0.0000000931. The van der Waals surface area contributed by atoms with Crippen LogP contribution in [0.15, 0.2) is 72.8 Å². The van der Waals surface area contributed by atoms with E-state index in [1.807, 2.05) is 144 Å². The zero-order valence-corrected chi connectivity index (χ0v) is 54.8. The van der Waals surface area contributed by atoms with Crippen molar-refractivity contribution in [3.63, 3.8) is 0 Å². The molecule has 0 fully saturated rings. The van der Waals surface area contributed by atoms with Crippen LogP contribution in [0.5, 0.6) is 0 Å². The van der Waals surface area contributed by atoms with Crippen LogP contribution >= 0.6 is 0 Å². The number of esters is 6. The van der Waals surface area contributed by atoms with Crippen molar-refractivity contribution in [1.82, 2.24) is 6.15 Å². The third kappa shape index (κ3) is 57.2. The number of ketones is 1. The summed E-state index contributed by atoms with van der Waals surface area (Å²) >= 11 is 0. The van der Waals surface area contributed by atoms with Crippen LogP contribution in [0.4, 0.5) is 0 Å². The van der Waals surface area contributed by atoms with Crippen molar-refractivity contribution in [1.29, 1.82) is 0 Å². The molecule has 4 N–H and O–H groups in total. The number of carbonyl (C=O) groups excluding carboxylic acids is 7. The van der Waals surface area contributed by atoms with E-state index in [0.29, 0.717) is 24.4 Å². The molecule has 6 atom stereocenters. The van der Waals surface area contributed by atoms with Crippen molar-refractivity contribution < 1.29 is 71.9 Å². The summed E-state index contributed by atoms with van der Waals surface area (Å²) in [7, 11) is 0. The number of benzene rings is 3. The number of Topliss-reactive ketones (excluding diaryl/α,β-unsaturated/α-hetero) is 1. The van der Waals surface area contributed by atoms with Crippen LogP contribution in [-0.2, 0) is 86.6 Å². The van der Waals surface area contributed by atoms with Crippen molar-refractivity contribution in [2.45, 2.75) is 351 Å². The van der Waals surface area contributed by atoms with E-state index in [1.54, 1.807) is 0 Å². The van der Waals surface area contributed by atoms with E-state index < -0.39 is 41.1 Å². The molecule has 574 valence electrons. The number of carboxylic acids is 1. The number of hydrogen-bond acceptors (Lipinski definition) is 15. The highest BCUT2D eigenvalue weighted by atomic mass is 16.6. The fourth-order valence-corrected chi connectivity index (χ4v) is 8.90. The second-order valence-electron chi connectivity index (χ2n) is 25.2. The lowest BCUT2D eigenvalue weighted by atomic mass is 9.91. The first-order chi connectivity index (χ1) is 39.1. The molecular weight excluding hydrogens is 1230 g/mol. The van der Waals surface area contributed by atoms with Gasteiger partial charge in [0.2, 0.25) is 0 Å². The van der Waals surface area contributed by atoms with Gasteiger partial charge in [-0.25, -0.2) is 0 Å². The highest BCUT2D eigenvalue weighted by molar-refractivity contribution is 5.94. The quantitative estimate of drug-likeness (QED) is 0.0345. The van der Waals surface area contributed by atoms with E-state index in [0.717, 1.165) is 93.7 Å². The smallest absolute Gasteiger partial charge is 0.317 e. The van der Waals surface area contributed by atoms with Crippen LogP contribution in [0.2, 0.25) is 0 Å². The second kappa shape index (κ2) is 61.9. The number of carbonyl (C=O) groups is 8. The minimum atomic E-state index is -1.20. The van der Waals surface area contributed by atoms with Crippen LogP contribution in [0, 0.1) is 17.8 Å². The maximum absolute atomic E-state index is 12.3. The minimum absolute atomic E-state index is 0. The molecule has 0 aliphatic carbocycles. The van der Waals surface area contributed by atoms with Crippen LogP contribution < -0.4 is 6.15 Å². The molecule has 0 amide bonds. The molecule has 6 unspecified atom stereocenters. The first kappa shape index (κ1) is 121. The van der Waals surface area contributed by atoms with Gasteiger partial charge in [0.15, 0.2) is 0 Å². The zero-order chi connectivity index (χ0) is 63.8. The van der Waals surface area contributed by atoms with Gasteiger partial charge in [0.25, 0.3) is 0 Å². The van der Waals surface area contributed by atoms with Gasteiger partial charge in [0.1, 0.15) is 55.2 Å². The molecule has 0 aliphatic rings. The molecule has 0 saturated carbocycles. The van der Waals surface area contributed by atoms with Gasteiger partial charge >= 0.3 is 41.8 Å². The Bertz CT molecular complexity index is 2350. The lowest BCUT2D eigenvalue weighted by Crippen LogP contribution is -2.28. The fourth-order valence-electron chi connectivity index (χ4n) is 8.90. The first-order valence-corrected chi connectivity index (χ1v) is 30.3. The Morgan fingerprint density at radius 2 is 0.598 bits per heavy atom. The van der Waals surface area contributed by atoms with E-state index in [1.165, 1.54) is 30.5 Å². The molecule has 0 saturated heterocycles. The third-order valence-electron chi connectivity index (χ3n) is 13.8. The third-order valence-corrected chi connectivity index (χ3v) is 13.8. The van der Waals surface area contributed by atoms with Gasteiger partial charge in [-0.05, 0) is 178 Å². The summed E-state index contributed by atoms with van der Waals surface area (Å²) in [5.41, 5.74) is 5.04. The summed E-state index contributed by atoms with van der Waals surface area (Å²) in [4.78, 5) is 91.7. The first-order valence-electron chi connectivity index (χ1n) is 30.3. The number of hydrogen-bond donors (Lipinski definition) is 2. The predicted octanol–water partition coefficient (Wildman–Crippen LogP) is 23.4. The van der Waals surface area contributed by atoms with Crippen molar-refractivity contribution >= 4 is 47.6 Å². The molecule has 0 radical (unpaired) electrons. The number of rotatable bonds is 31. The Morgan fingerprint density at radius 3 is 0.794 bits per heavy atom. The molecule has 3 aromatic rings. The van der Waals surface area contributed by atoms with E-state index in [2.05, 4.69) is 32.9 Å². The molecular formula is C81H155NO15. The molecule has 0 aromatic heterocycles. The number of ether oxygens (including phenoxy) is 6. The van der Waals surface area contributed by atoms with Gasteiger partial charge in [-0.15, -0.1) is 0 Å². The van der Waals surface area contributed by atoms with Gasteiger partial charge in [-0.2, -0.15) is 0 Å². The number of carboxylic acid groups (broad SMARTS) is 1. The van der Waals surface area contributed by atoms with E-state index in [4.69, 9.17) is 33.5 Å². The van der Waals surface area contributed by atoms with Crippen molar-refractivity contribution in [2.75, 3.05) is 0 Å². The van der Waals surface area contributed by atoms with Crippen molar-refractivity contribution in [2.24, 2.45) is 17.8 Å². The van der Waals surface area contributed by atoms with Gasteiger partial charge in [0, 0.05) is 6.92 Å². The van der Waals surface area contributed by atoms with Gasteiger partial charge < -0.3 is 39.7 Å². The maximum Gasteiger partial charge on any atom is 0.317 e. The Kier molecular flexibility index (Phi) is 77.0. The fraction of sp³-hybridized carbons (Fsp3) is 0.679. The SMILES string of the molecule is C.C.C.C.C.C.C.C.C.C.C.C.CCC(CCCC(C)c1ccc(COC(=O)CC(=O)O)cc1)C(=O)OC(C)(C)C.CCC(CCCC(C)c1ccc(COC(=O)CC(C)=O)cc1)C(=O)OC(C)(C)C.CCC(CCCC(C)c1ccc(COC(C)=O)cc1)C(=O)OC(C)(C)C.N. The Hall–Kier alpha value is -6.42. The molecule has 0 spiro atoms. The predicted molar refractivity (Wildman–Crippen MR) is 413 cm³/mol. The highest BCUT2D eigenvalue weighted by Gasteiger charge is 2.27. The molecule has 16 heteroatoms. The average molecular weight is 1380 g/mol. The summed E-state index contributed by atoms with van der Waals surface area (Å²) in [6.45, 7) is 33.0. The molecule has 0 heterocycles. The molecule has 3 aromatic carbocycles. The summed E-state index contributed by atoms with van der Waals surface area (Å²) < 4.78 is 31.6. The van der Waals surface area contributed by atoms with Crippen molar-refractivity contribution in [3.8, 4) is 0 Å². The normalized spacial score (nSPS) is 11.7. The van der Waals surface area contributed by atoms with E-state index in [9.17, 15) is 38.4 Å². The van der Waals surface area contributed by atoms with Crippen LogP contribution in [0.3, 0.4) is 0 Å². The molecule has 0 bridgehead atoms. The van der Waals surface area contributed by atoms with Crippen LogP contribution in [-0.4, -0.2) is 69.5 Å². The highest BCUT2D eigenvalue weighted by Crippen LogP contribution is 2.29. The summed E-state index contributed by atoms with van der Waals surface area (Å²) in [5, 5.41) is 8.55. The van der Waals surface area contributed by atoms with Crippen LogP contribution in [0.25, 0.3) is 0 Å². The van der Waals surface area contributed by atoms with Gasteiger partial charge in [-0.3, -0.25) is 38.4 Å². The Morgan fingerprint density at radius 1 is 0.371 bits per heavy atom. The largest absolute Gasteiger partial charge is 0.481 e. The monoisotopic (exact) mass is 1380 g/mol. The van der Waals surface area contributed by atoms with Crippen LogP contribution in [0.1, 0.15) is 348 Å². The molecule has 97 heavy (non-hydrogen) atoms. The molecule has 0 aliphatic heterocycles. The molecule has 3 rings (SSSR count). The second-order valence-corrected chi connectivity index (χ2v) is 25.2. The topological polar surface area (TPSA) is 247 Å². The van der Waals surface area contributed by atoms with Gasteiger partial charge in [0.05, 0.1) is 17.8 Å². The summed E-state index contributed by atoms with van der Waals surface area (Å²) in [5.74, 6) is -2.19. The zero-order valence-electron chi connectivity index (χ0n) is 54.8. The van der Waals surface area contributed by atoms with Gasteiger partial charge in [-0.1, -0.05) is 223 Å². The minimum Gasteiger partial charge on any atom is -0.481 e. The van der Waals surface area contributed by atoms with Crippen molar-refractivity contribution in [3.05, 3.63) is 106 Å².